The van der Waals surface area contributed by atoms with Gasteiger partial charge < -0.3 is 0 Å². The van der Waals surface area contributed by atoms with Crippen LogP contribution in [0.3, 0.4) is 0 Å². The fourth-order valence-electron chi connectivity index (χ4n) is 1.85. The van der Waals surface area contributed by atoms with Crippen LogP contribution in [0.15, 0.2) is 47.1 Å². The maximum atomic E-state index is 13.9. The predicted octanol–water partition coefficient (Wildman–Crippen LogP) is 3.78. The van der Waals surface area contributed by atoms with E-state index in [1.165, 1.54) is 23.0 Å². The fraction of sp³-hybridized carbons (Fsp3) is 0. The molecule has 1 aromatic carbocycles. The van der Waals surface area contributed by atoms with E-state index in [0.29, 0.717) is 15.7 Å². The lowest BCUT2D eigenvalue weighted by molar-refractivity contribution is 0.584. The van der Waals surface area contributed by atoms with Gasteiger partial charge in [-0.25, -0.2) is 14.1 Å². The van der Waals surface area contributed by atoms with Gasteiger partial charge in [0, 0.05) is 11.8 Å². The molecule has 3 nitrogen and oxygen atoms in total. The first-order chi connectivity index (χ1) is 9.66. The molecule has 0 unspecified atom stereocenters. The molecule has 0 saturated heterocycles. The standard InChI is InChI=1S/C14H7BrF2N3/c15-10-8-19-20(12-4-2-1-3-11(12)16)14(10)9-5-6-13(17)18-7-9/h1-7H. The van der Waals surface area contributed by atoms with Crippen LogP contribution in [-0.2, 0) is 0 Å². The normalized spacial score (nSPS) is 10.8. The summed E-state index contributed by atoms with van der Waals surface area (Å²) in [6, 6.07) is 9.04. The van der Waals surface area contributed by atoms with Crippen molar-refractivity contribution in [3.05, 3.63) is 65.0 Å². The highest BCUT2D eigenvalue weighted by atomic mass is 79.9. The molecular formula is C14H7BrF2N3. The number of aromatic nitrogens is 3. The summed E-state index contributed by atoms with van der Waals surface area (Å²) < 4.78 is 28.7. The van der Waals surface area contributed by atoms with Gasteiger partial charge in [0.2, 0.25) is 5.95 Å². The highest BCUT2D eigenvalue weighted by Gasteiger charge is 2.16. The van der Waals surface area contributed by atoms with Gasteiger partial charge in [0.25, 0.3) is 0 Å². The Morgan fingerprint density at radius 2 is 1.90 bits per heavy atom. The second-order valence-electron chi connectivity index (χ2n) is 4.01. The largest absolute Gasteiger partial charge is 0.228 e. The Kier molecular flexibility index (Phi) is 3.31. The zero-order valence-electron chi connectivity index (χ0n) is 10.0. The molecule has 0 atom stereocenters. The maximum absolute atomic E-state index is 13.9. The van der Waals surface area contributed by atoms with Crippen molar-refractivity contribution in [2.24, 2.45) is 0 Å². The molecule has 0 fully saturated rings. The van der Waals surface area contributed by atoms with Crippen LogP contribution in [0, 0.1) is 18.0 Å². The fourth-order valence-corrected chi connectivity index (χ4v) is 2.33. The number of hydrogen-bond donors (Lipinski definition) is 0. The van der Waals surface area contributed by atoms with Gasteiger partial charge in [0.15, 0.2) is 0 Å². The van der Waals surface area contributed by atoms with Crippen LogP contribution in [0.2, 0.25) is 0 Å². The van der Waals surface area contributed by atoms with Crippen LogP contribution >= 0.6 is 15.9 Å². The summed E-state index contributed by atoms with van der Waals surface area (Å²) in [5, 5.41) is 4.03. The number of hydrogen-bond acceptors (Lipinski definition) is 2. The summed E-state index contributed by atoms with van der Waals surface area (Å²) in [4.78, 5) is 3.60. The van der Waals surface area contributed by atoms with Gasteiger partial charge in [-0.2, -0.15) is 9.49 Å². The zero-order chi connectivity index (χ0) is 14.1. The molecule has 0 bridgehead atoms. The van der Waals surface area contributed by atoms with E-state index < -0.39 is 11.8 Å². The summed E-state index contributed by atoms with van der Waals surface area (Å²) >= 11 is 3.31. The van der Waals surface area contributed by atoms with Crippen molar-refractivity contribution in [2.45, 2.75) is 0 Å². The second-order valence-corrected chi connectivity index (χ2v) is 4.80. The topological polar surface area (TPSA) is 30.7 Å². The minimum atomic E-state index is -0.578. The van der Waals surface area contributed by atoms with Gasteiger partial charge in [0.05, 0.1) is 10.2 Å². The summed E-state index contributed by atoms with van der Waals surface area (Å²) in [6.45, 7) is 0. The van der Waals surface area contributed by atoms with Crippen molar-refractivity contribution < 1.29 is 8.78 Å². The molecule has 2 heterocycles. The first kappa shape index (κ1) is 12.9. The number of benzene rings is 1. The number of pyridine rings is 1. The van der Waals surface area contributed by atoms with Crippen LogP contribution in [0.25, 0.3) is 16.9 Å². The van der Waals surface area contributed by atoms with E-state index in [1.54, 1.807) is 24.3 Å². The smallest absolute Gasteiger partial charge is 0.212 e. The minimum Gasteiger partial charge on any atom is -0.228 e. The molecule has 0 N–H and O–H groups in total. The van der Waals surface area contributed by atoms with Crippen molar-refractivity contribution in [1.29, 1.82) is 0 Å². The predicted molar refractivity (Wildman–Crippen MR) is 73.2 cm³/mol. The Bertz CT molecular complexity index is 753. The molecule has 20 heavy (non-hydrogen) atoms. The highest BCUT2D eigenvalue weighted by molar-refractivity contribution is 9.10. The van der Waals surface area contributed by atoms with Gasteiger partial charge in [-0.15, -0.1) is 0 Å². The van der Waals surface area contributed by atoms with Crippen molar-refractivity contribution in [3.63, 3.8) is 0 Å². The summed E-state index contributed by atoms with van der Waals surface area (Å²) in [6.07, 6.45) is 4.08. The minimum absolute atomic E-state index is 0.286. The molecule has 0 amide bonds. The third-order valence-electron chi connectivity index (χ3n) is 2.75. The maximum Gasteiger partial charge on any atom is 0.212 e. The summed E-state index contributed by atoms with van der Waals surface area (Å²) in [5.74, 6) is -0.987. The number of para-hydroxylation sites is 1. The van der Waals surface area contributed by atoms with E-state index in [0.717, 1.165) is 0 Å². The van der Waals surface area contributed by atoms with Gasteiger partial charge in [-0.3, -0.25) is 0 Å². The third kappa shape index (κ3) is 2.22. The first-order valence-electron chi connectivity index (χ1n) is 5.70. The lowest BCUT2D eigenvalue weighted by atomic mass is 10.2. The summed E-state index contributed by atoms with van der Waals surface area (Å²) in [5.41, 5.74) is 1.45. The van der Waals surface area contributed by atoms with E-state index in [4.69, 9.17) is 0 Å². The molecule has 3 aromatic rings. The van der Waals surface area contributed by atoms with Crippen LogP contribution in [-0.4, -0.2) is 14.8 Å². The van der Waals surface area contributed by atoms with Gasteiger partial charge >= 0.3 is 0 Å². The molecule has 0 aliphatic rings. The highest BCUT2D eigenvalue weighted by Crippen LogP contribution is 2.30. The molecule has 1 radical (unpaired) electrons. The number of nitrogens with zero attached hydrogens (tertiary/aromatic N) is 3. The lowest BCUT2D eigenvalue weighted by Crippen LogP contribution is -2.02. The third-order valence-corrected chi connectivity index (χ3v) is 3.30. The lowest BCUT2D eigenvalue weighted by Gasteiger charge is -2.08. The average Bonchev–Trinajstić information content (AvgIpc) is 2.82. The monoisotopic (exact) mass is 334 g/mol. The molecule has 0 aliphatic heterocycles. The van der Waals surface area contributed by atoms with Crippen LogP contribution in [0.5, 0.6) is 0 Å². The summed E-state index contributed by atoms with van der Waals surface area (Å²) in [7, 11) is 0. The van der Waals surface area contributed by atoms with E-state index in [1.807, 2.05) is 0 Å². The molecular weight excluding hydrogens is 328 g/mol. The van der Waals surface area contributed by atoms with Gasteiger partial charge in [0.1, 0.15) is 17.7 Å². The Balaban J connectivity index is 2.20. The van der Waals surface area contributed by atoms with Gasteiger partial charge in [-0.05, 0) is 40.2 Å². The van der Waals surface area contributed by atoms with Crippen LogP contribution in [0.1, 0.15) is 0 Å². The van der Waals surface area contributed by atoms with E-state index in [9.17, 15) is 8.78 Å². The van der Waals surface area contributed by atoms with Crippen LogP contribution in [0.4, 0.5) is 8.78 Å². The quantitative estimate of drug-likeness (QED) is 0.668. The Morgan fingerprint density at radius 1 is 1.10 bits per heavy atom. The second kappa shape index (κ2) is 5.13. The average molecular weight is 335 g/mol. The van der Waals surface area contributed by atoms with E-state index in [2.05, 4.69) is 32.2 Å². The van der Waals surface area contributed by atoms with Crippen molar-refractivity contribution >= 4 is 15.9 Å². The molecule has 2 aromatic heterocycles. The Morgan fingerprint density at radius 3 is 2.60 bits per heavy atom. The zero-order valence-corrected chi connectivity index (χ0v) is 11.6. The Hall–Kier alpha value is -2.08. The number of halogens is 3. The Labute approximate surface area is 122 Å². The molecule has 0 aliphatic carbocycles. The molecule has 99 valence electrons. The SMILES string of the molecule is Fc1ccc(-c2c(Br)[c]nn2-c2ccccc2F)cn1. The first-order valence-corrected chi connectivity index (χ1v) is 6.49. The molecule has 0 saturated carbocycles. The van der Waals surface area contributed by atoms with Crippen molar-refractivity contribution in [3.8, 4) is 16.9 Å². The molecule has 0 spiro atoms. The molecule has 3 rings (SSSR count). The molecule has 6 heteroatoms. The van der Waals surface area contributed by atoms with Crippen LogP contribution < -0.4 is 0 Å². The van der Waals surface area contributed by atoms with E-state index in [-0.39, 0.29) is 5.69 Å². The van der Waals surface area contributed by atoms with Crippen molar-refractivity contribution in [2.75, 3.05) is 0 Å². The van der Waals surface area contributed by atoms with Crippen molar-refractivity contribution in [1.82, 2.24) is 14.8 Å². The van der Waals surface area contributed by atoms with E-state index >= 15 is 0 Å². The van der Waals surface area contributed by atoms with Gasteiger partial charge in [-0.1, -0.05) is 12.1 Å². The number of rotatable bonds is 2.